The molecule has 0 saturated carbocycles. The number of nitro groups is 1. The Kier molecular flexibility index (Phi) is 5.92. The molecule has 1 aliphatic heterocycles. The zero-order valence-electron chi connectivity index (χ0n) is 13.5. The van der Waals surface area contributed by atoms with Crippen LogP contribution in [-0.4, -0.2) is 42.3 Å². The smallest absolute Gasteiger partial charge is 0.315 e. The lowest BCUT2D eigenvalue weighted by Gasteiger charge is -2.10. The molecule has 1 fully saturated rings. The van der Waals surface area contributed by atoms with Gasteiger partial charge in [0.15, 0.2) is 5.75 Å². The number of methoxy groups -OCH3 is 1. The number of nitriles is 1. The van der Waals surface area contributed by atoms with Gasteiger partial charge in [0.1, 0.15) is 11.6 Å². The highest BCUT2D eigenvalue weighted by Gasteiger charge is 2.21. The first kappa shape index (κ1) is 18.2. The molecule has 9 heteroatoms. The lowest BCUT2D eigenvalue weighted by Crippen LogP contribution is -2.32. The van der Waals surface area contributed by atoms with Crippen LogP contribution in [0.4, 0.5) is 5.69 Å². The maximum absolute atomic E-state index is 12.1. The summed E-state index contributed by atoms with van der Waals surface area (Å²) in [7, 11) is 1.24. The number of rotatable bonds is 6. The van der Waals surface area contributed by atoms with Crippen molar-refractivity contribution in [3.8, 4) is 17.6 Å². The van der Waals surface area contributed by atoms with Crippen molar-refractivity contribution >= 4 is 17.7 Å². The first-order chi connectivity index (χ1) is 12.0. The monoisotopic (exact) mass is 347 g/mol. The zero-order valence-corrected chi connectivity index (χ0v) is 13.5. The van der Waals surface area contributed by atoms with Crippen LogP contribution in [0.2, 0.25) is 0 Å². The molecule has 1 amide bonds. The highest BCUT2D eigenvalue weighted by atomic mass is 16.6. The minimum atomic E-state index is -0.779. The number of hydrogen-bond donors (Lipinski definition) is 2. The van der Waals surface area contributed by atoms with Crippen molar-refractivity contribution in [3.63, 3.8) is 0 Å². The number of benzene rings is 1. The fourth-order valence-electron chi connectivity index (χ4n) is 2.41. The van der Waals surface area contributed by atoms with Gasteiger partial charge in [-0.1, -0.05) is 0 Å². The minimum Gasteiger partial charge on any atom is -0.500 e. The van der Waals surface area contributed by atoms with Gasteiger partial charge in [-0.05, 0) is 30.5 Å². The van der Waals surface area contributed by atoms with Crippen molar-refractivity contribution in [2.75, 3.05) is 20.3 Å². The van der Waals surface area contributed by atoms with E-state index in [2.05, 4.69) is 5.32 Å². The molecule has 132 valence electrons. The molecular formula is C16H17N3O6. The van der Waals surface area contributed by atoms with E-state index in [0.717, 1.165) is 18.9 Å². The van der Waals surface area contributed by atoms with Gasteiger partial charge in [-0.2, -0.15) is 5.26 Å². The van der Waals surface area contributed by atoms with Crippen molar-refractivity contribution in [3.05, 3.63) is 33.4 Å². The molecule has 0 spiro atoms. The molecule has 1 heterocycles. The molecule has 0 bridgehead atoms. The Morgan fingerprint density at radius 1 is 1.64 bits per heavy atom. The molecule has 1 aromatic carbocycles. The van der Waals surface area contributed by atoms with Crippen LogP contribution in [0.5, 0.6) is 11.5 Å². The Bertz CT molecular complexity index is 747. The van der Waals surface area contributed by atoms with Crippen LogP contribution in [0, 0.1) is 21.4 Å². The van der Waals surface area contributed by atoms with E-state index in [9.17, 15) is 25.3 Å². The molecule has 1 saturated heterocycles. The normalized spacial score (nSPS) is 17.0. The Labute approximate surface area is 143 Å². The van der Waals surface area contributed by atoms with E-state index >= 15 is 0 Å². The average molecular weight is 347 g/mol. The third kappa shape index (κ3) is 4.45. The molecule has 1 atom stereocenters. The number of nitro benzene ring substituents is 1. The molecular weight excluding hydrogens is 330 g/mol. The Morgan fingerprint density at radius 3 is 2.96 bits per heavy atom. The van der Waals surface area contributed by atoms with Crippen LogP contribution in [0.3, 0.4) is 0 Å². The number of carbonyl (C=O) groups excluding carboxylic acids is 1. The van der Waals surface area contributed by atoms with Gasteiger partial charge in [-0.25, -0.2) is 0 Å². The second-order valence-corrected chi connectivity index (χ2v) is 5.36. The minimum absolute atomic E-state index is 0.0706. The summed E-state index contributed by atoms with van der Waals surface area (Å²) in [6, 6.07) is 4.12. The number of amides is 1. The summed E-state index contributed by atoms with van der Waals surface area (Å²) in [5.41, 5.74) is -0.618. The van der Waals surface area contributed by atoms with E-state index in [0.29, 0.717) is 6.61 Å². The van der Waals surface area contributed by atoms with E-state index in [1.54, 1.807) is 6.07 Å². The number of phenols is 1. The van der Waals surface area contributed by atoms with Gasteiger partial charge < -0.3 is 19.9 Å². The predicted molar refractivity (Wildman–Crippen MR) is 86.9 cm³/mol. The lowest BCUT2D eigenvalue weighted by molar-refractivity contribution is -0.386. The number of nitrogens with zero attached hydrogens (tertiary/aromatic N) is 2. The standard InChI is InChI=1S/C16H17N3O6/c1-24-14-7-10(6-13(15(14)20)19(22)23)5-11(8-17)16(21)18-9-12-3-2-4-25-12/h5-7,12,20H,2-4,9H2,1H3,(H,18,21). The third-order valence-electron chi connectivity index (χ3n) is 3.68. The molecule has 25 heavy (non-hydrogen) atoms. The molecule has 1 aliphatic rings. The summed E-state index contributed by atoms with van der Waals surface area (Å²) >= 11 is 0. The van der Waals surface area contributed by atoms with Crippen LogP contribution < -0.4 is 10.1 Å². The Hall–Kier alpha value is -3.12. The zero-order chi connectivity index (χ0) is 18.4. The summed E-state index contributed by atoms with van der Waals surface area (Å²) < 4.78 is 10.3. The fourth-order valence-corrected chi connectivity index (χ4v) is 2.41. The van der Waals surface area contributed by atoms with Gasteiger partial charge in [-0.15, -0.1) is 0 Å². The van der Waals surface area contributed by atoms with Crippen LogP contribution in [-0.2, 0) is 9.53 Å². The maximum Gasteiger partial charge on any atom is 0.315 e. The summed E-state index contributed by atoms with van der Waals surface area (Å²) in [6.45, 7) is 0.940. The van der Waals surface area contributed by atoms with Gasteiger partial charge >= 0.3 is 5.69 Å². The van der Waals surface area contributed by atoms with Gasteiger partial charge in [0, 0.05) is 19.2 Å². The van der Waals surface area contributed by atoms with Gasteiger partial charge in [-0.3, -0.25) is 14.9 Å². The largest absolute Gasteiger partial charge is 0.500 e. The van der Waals surface area contributed by atoms with Gasteiger partial charge in [0.25, 0.3) is 5.91 Å². The van der Waals surface area contributed by atoms with Crippen molar-refractivity contribution < 1.29 is 24.3 Å². The second kappa shape index (κ2) is 8.12. The molecule has 0 aliphatic carbocycles. The lowest BCUT2D eigenvalue weighted by atomic mass is 10.1. The number of aromatic hydroxyl groups is 1. The predicted octanol–water partition coefficient (Wildman–Crippen LogP) is 1.51. The topological polar surface area (TPSA) is 135 Å². The van der Waals surface area contributed by atoms with Crippen molar-refractivity contribution in [1.29, 1.82) is 5.26 Å². The average Bonchev–Trinajstić information content (AvgIpc) is 3.11. The number of nitrogens with one attached hydrogen (secondary N) is 1. The summed E-state index contributed by atoms with van der Waals surface area (Å²) in [4.78, 5) is 22.3. The van der Waals surface area contributed by atoms with E-state index in [1.807, 2.05) is 0 Å². The number of carbonyl (C=O) groups is 1. The van der Waals surface area contributed by atoms with Crippen molar-refractivity contribution in [1.82, 2.24) is 5.32 Å². The molecule has 1 aromatic rings. The van der Waals surface area contributed by atoms with Crippen LogP contribution >= 0.6 is 0 Å². The highest BCUT2D eigenvalue weighted by molar-refractivity contribution is 6.01. The molecule has 9 nitrogen and oxygen atoms in total. The first-order valence-corrected chi connectivity index (χ1v) is 7.53. The summed E-state index contributed by atoms with van der Waals surface area (Å²) in [6.07, 6.45) is 2.89. The number of ether oxygens (including phenoxy) is 2. The van der Waals surface area contributed by atoms with E-state index in [4.69, 9.17) is 9.47 Å². The number of hydrogen-bond acceptors (Lipinski definition) is 7. The van der Waals surface area contributed by atoms with Crippen LogP contribution in [0.25, 0.3) is 6.08 Å². The molecule has 1 unspecified atom stereocenters. The highest BCUT2D eigenvalue weighted by Crippen LogP contribution is 2.37. The van der Waals surface area contributed by atoms with Crippen LogP contribution in [0.15, 0.2) is 17.7 Å². The van der Waals surface area contributed by atoms with Gasteiger partial charge in [0.05, 0.1) is 18.1 Å². The fraction of sp³-hybridized carbons (Fsp3) is 0.375. The van der Waals surface area contributed by atoms with E-state index in [-0.39, 0.29) is 29.5 Å². The molecule has 2 rings (SSSR count). The van der Waals surface area contributed by atoms with Crippen LogP contribution in [0.1, 0.15) is 18.4 Å². The summed E-state index contributed by atoms with van der Waals surface area (Å²) in [5.74, 6) is -1.35. The Balaban J connectivity index is 2.23. The van der Waals surface area contributed by atoms with Gasteiger partial charge in [0.2, 0.25) is 5.75 Å². The third-order valence-corrected chi connectivity index (χ3v) is 3.68. The van der Waals surface area contributed by atoms with E-state index < -0.39 is 22.3 Å². The molecule has 2 N–H and O–H groups in total. The second-order valence-electron chi connectivity index (χ2n) is 5.36. The molecule has 0 radical (unpaired) electrons. The van der Waals surface area contributed by atoms with E-state index in [1.165, 1.54) is 19.3 Å². The summed E-state index contributed by atoms with van der Waals surface area (Å²) in [5, 5.41) is 32.5. The van der Waals surface area contributed by atoms with Crippen molar-refractivity contribution in [2.24, 2.45) is 0 Å². The maximum atomic E-state index is 12.1. The SMILES string of the molecule is COc1cc(C=C(C#N)C(=O)NCC2CCCO2)cc([N+](=O)[O-])c1O. The molecule has 0 aromatic heterocycles. The quantitative estimate of drug-likeness (QED) is 0.344. The Morgan fingerprint density at radius 2 is 2.40 bits per heavy atom. The first-order valence-electron chi connectivity index (χ1n) is 7.53. The van der Waals surface area contributed by atoms with Crippen molar-refractivity contribution in [2.45, 2.75) is 18.9 Å². The number of phenolic OH excluding ortho intramolecular Hbond substituents is 1.